The maximum atomic E-state index is 13.3. The van der Waals surface area contributed by atoms with E-state index in [0.717, 1.165) is 11.1 Å². The molecular formula is C18H22FN5O. The standard InChI is InChI=1S/C18H22FN5O/c1-11-3-5-12(6-4-11)14-15-17(21)22-10-23-18(15)24(8-2-7-20)16(14)13(25)9-19/h3-6,10,14,16H,2,7-9,20H2,1H3,(H2,21,22,23). The molecule has 0 fully saturated rings. The summed E-state index contributed by atoms with van der Waals surface area (Å²) in [6, 6.07) is 7.14. The van der Waals surface area contributed by atoms with E-state index in [0.29, 0.717) is 36.7 Å². The number of rotatable bonds is 6. The first-order valence-corrected chi connectivity index (χ1v) is 8.30. The van der Waals surface area contributed by atoms with Crippen LogP contribution in [0.1, 0.15) is 29.0 Å². The number of halogens is 1. The summed E-state index contributed by atoms with van der Waals surface area (Å²) in [5, 5.41) is 0. The molecule has 2 heterocycles. The third kappa shape index (κ3) is 3.07. The molecule has 2 unspecified atom stereocenters. The fraction of sp³-hybridized carbons (Fsp3) is 0.389. The number of Topliss-reactive ketones (excluding diaryl/α,β-unsaturated/α-hetero) is 1. The molecule has 7 heteroatoms. The number of anilines is 2. The van der Waals surface area contributed by atoms with E-state index >= 15 is 0 Å². The number of aromatic nitrogens is 2. The zero-order chi connectivity index (χ0) is 18.0. The lowest BCUT2D eigenvalue weighted by Crippen LogP contribution is -2.43. The molecule has 0 spiro atoms. The number of benzene rings is 1. The Morgan fingerprint density at radius 3 is 2.64 bits per heavy atom. The molecule has 0 bridgehead atoms. The Morgan fingerprint density at radius 2 is 2.00 bits per heavy atom. The first-order chi connectivity index (χ1) is 12.1. The predicted octanol–water partition coefficient (Wildman–Crippen LogP) is 1.58. The molecule has 2 atom stereocenters. The van der Waals surface area contributed by atoms with Gasteiger partial charge in [-0.1, -0.05) is 29.8 Å². The summed E-state index contributed by atoms with van der Waals surface area (Å²) in [4.78, 5) is 22.7. The van der Waals surface area contributed by atoms with Crippen LogP contribution in [0.3, 0.4) is 0 Å². The zero-order valence-electron chi connectivity index (χ0n) is 14.2. The van der Waals surface area contributed by atoms with Gasteiger partial charge in [-0.2, -0.15) is 0 Å². The van der Waals surface area contributed by atoms with Crippen molar-refractivity contribution in [3.8, 4) is 0 Å². The molecule has 2 aromatic rings. The summed E-state index contributed by atoms with van der Waals surface area (Å²) in [5.74, 6) is 0.0404. The lowest BCUT2D eigenvalue weighted by Gasteiger charge is -2.28. The maximum absolute atomic E-state index is 13.3. The van der Waals surface area contributed by atoms with Crippen LogP contribution in [0.25, 0.3) is 0 Å². The normalized spacial score (nSPS) is 19.1. The van der Waals surface area contributed by atoms with Crippen molar-refractivity contribution in [2.75, 3.05) is 30.4 Å². The molecule has 1 aromatic carbocycles. The van der Waals surface area contributed by atoms with E-state index in [2.05, 4.69) is 9.97 Å². The molecule has 1 aromatic heterocycles. The molecule has 3 rings (SSSR count). The number of fused-ring (bicyclic) bond motifs is 1. The smallest absolute Gasteiger partial charge is 0.187 e. The lowest BCUT2D eigenvalue weighted by atomic mass is 9.86. The van der Waals surface area contributed by atoms with Gasteiger partial charge in [-0.3, -0.25) is 4.79 Å². The third-order valence-electron chi connectivity index (χ3n) is 4.63. The molecule has 25 heavy (non-hydrogen) atoms. The van der Waals surface area contributed by atoms with Crippen LogP contribution in [0.15, 0.2) is 30.6 Å². The van der Waals surface area contributed by atoms with Crippen molar-refractivity contribution in [2.45, 2.75) is 25.3 Å². The number of aryl methyl sites for hydroxylation is 1. The zero-order valence-corrected chi connectivity index (χ0v) is 14.2. The van der Waals surface area contributed by atoms with Crippen molar-refractivity contribution >= 4 is 17.4 Å². The summed E-state index contributed by atoms with van der Waals surface area (Å²) in [7, 11) is 0. The average Bonchev–Trinajstić information content (AvgIpc) is 2.95. The molecular weight excluding hydrogens is 321 g/mol. The Labute approximate surface area is 146 Å². The molecule has 0 saturated heterocycles. The molecule has 0 saturated carbocycles. The van der Waals surface area contributed by atoms with Gasteiger partial charge in [0.15, 0.2) is 5.78 Å². The number of nitrogens with zero attached hydrogens (tertiary/aromatic N) is 3. The van der Waals surface area contributed by atoms with Crippen LogP contribution in [-0.2, 0) is 4.79 Å². The number of nitrogens with two attached hydrogens (primary N) is 2. The monoisotopic (exact) mass is 343 g/mol. The van der Waals surface area contributed by atoms with Crippen molar-refractivity contribution in [2.24, 2.45) is 5.73 Å². The van der Waals surface area contributed by atoms with Gasteiger partial charge in [0.05, 0.1) is 0 Å². The second kappa shape index (κ2) is 7.14. The van der Waals surface area contributed by atoms with E-state index < -0.39 is 24.4 Å². The van der Waals surface area contributed by atoms with Crippen molar-refractivity contribution in [3.63, 3.8) is 0 Å². The molecule has 6 nitrogen and oxygen atoms in total. The van der Waals surface area contributed by atoms with Crippen LogP contribution in [0.2, 0.25) is 0 Å². The Kier molecular flexibility index (Phi) is 4.94. The molecule has 0 amide bonds. The van der Waals surface area contributed by atoms with Gasteiger partial charge >= 0.3 is 0 Å². The first-order valence-electron chi connectivity index (χ1n) is 8.30. The van der Waals surface area contributed by atoms with E-state index in [1.54, 1.807) is 0 Å². The van der Waals surface area contributed by atoms with E-state index in [1.165, 1.54) is 6.33 Å². The predicted molar refractivity (Wildman–Crippen MR) is 95.3 cm³/mol. The first kappa shape index (κ1) is 17.3. The van der Waals surface area contributed by atoms with Crippen molar-refractivity contribution in [3.05, 3.63) is 47.3 Å². The minimum atomic E-state index is -1.03. The Morgan fingerprint density at radius 1 is 1.28 bits per heavy atom. The average molecular weight is 343 g/mol. The SMILES string of the molecule is Cc1ccc(C2c3c(N)ncnc3N(CCCN)C2C(=O)CF)cc1. The summed E-state index contributed by atoms with van der Waals surface area (Å²) in [6.07, 6.45) is 2.04. The lowest BCUT2D eigenvalue weighted by molar-refractivity contribution is -0.121. The minimum Gasteiger partial charge on any atom is -0.383 e. The highest BCUT2D eigenvalue weighted by Crippen LogP contribution is 2.46. The molecule has 4 N–H and O–H groups in total. The van der Waals surface area contributed by atoms with Gasteiger partial charge in [0.25, 0.3) is 0 Å². The number of carbonyl (C=O) groups is 1. The Balaban J connectivity index is 2.15. The van der Waals surface area contributed by atoms with Crippen molar-refractivity contribution in [1.29, 1.82) is 0 Å². The van der Waals surface area contributed by atoms with E-state index in [1.807, 2.05) is 36.1 Å². The van der Waals surface area contributed by atoms with Crippen molar-refractivity contribution in [1.82, 2.24) is 9.97 Å². The van der Waals surface area contributed by atoms with E-state index in [4.69, 9.17) is 11.5 Å². The van der Waals surface area contributed by atoms with Gasteiger partial charge in [-0.05, 0) is 25.5 Å². The van der Waals surface area contributed by atoms with Gasteiger partial charge in [-0.15, -0.1) is 0 Å². The second-order valence-electron chi connectivity index (χ2n) is 6.26. The number of hydrogen-bond donors (Lipinski definition) is 2. The van der Waals surface area contributed by atoms with Gasteiger partial charge in [0, 0.05) is 18.0 Å². The van der Waals surface area contributed by atoms with Crippen LogP contribution in [0.5, 0.6) is 0 Å². The Hall–Kier alpha value is -2.54. The summed E-state index contributed by atoms with van der Waals surface area (Å²) in [5.41, 5.74) is 14.4. The maximum Gasteiger partial charge on any atom is 0.187 e. The third-order valence-corrected chi connectivity index (χ3v) is 4.63. The van der Waals surface area contributed by atoms with Gasteiger partial charge in [0.1, 0.15) is 30.7 Å². The van der Waals surface area contributed by atoms with Gasteiger partial charge < -0.3 is 16.4 Å². The quantitative estimate of drug-likeness (QED) is 0.826. The van der Waals surface area contributed by atoms with Crippen LogP contribution < -0.4 is 16.4 Å². The molecule has 1 aliphatic rings. The number of ketones is 1. The summed E-state index contributed by atoms with van der Waals surface area (Å²) in [6.45, 7) is 1.94. The van der Waals surface area contributed by atoms with Crippen LogP contribution in [0.4, 0.5) is 16.0 Å². The van der Waals surface area contributed by atoms with E-state index in [-0.39, 0.29) is 0 Å². The van der Waals surface area contributed by atoms with Crippen molar-refractivity contribution < 1.29 is 9.18 Å². The second-order valence-corrected chi connectivity index (χ2v) is 6.26. The highest BCUT2D eigenvalue weighted by atomic mass is 19.1. The summed E-state index contributed by atoms with van der Waals surface area (Å²) >= 11 is 0. The fourth-order valence-electron chi connectivity index (χ4n) is 3.46. The fourth-order valence-corrected chi connectivity index (χ4v) is 3.46. The van der Waals surface area contributed by atoms with Crippen LogP contribution in [0, 0.1) is 6.92 Å². The highest BCUT2D eigenvalue weighted by Gasteiger charge is 2.45. The largest absolute Gasteiger partial charge is 0.383 e. The number of hydrogen-bond acceptors (Lipinski definition) is 6. The van der Waals surface area contributed by atoms with Gasteiger partial charge in [-0.25, -0.2) is 14.4 Å². The number of alkyl halides is 1. The Bertz CT molecular complexity index is 765. The van der Waals surface area contributed by atoms with Crippen LogP contribution >= 0.6 is 0 Å². The number of carbonyl (C=O) groups excluding carboxylic acids is 1. The molecule has 1 aliphatic heterocycles. The molecule has 0 aliphatic carbocycles. The van der Waals surface area contributed by atoms with Crippen LogP contribution in [-0.4, -0.2) is 41.6 Å². The minimum absolute atomic E-state index is 0.322. The highest BCUT2D eigenvalue weighted by molar-refractivity contribution is 5.93. The topological polar surface area (TPSA) is 98.1 Å². The van der Waals surface area contributed by atoms with E-state index in [9.17, 15) is 9.18 Å². The molecule has 0 radical (unpaired) electrons. The molecule has 132 valence electrons. The van der Waals surface area contributed by atoms with Gasteiger partial charge in [0.2, 0.25) is 0 Å². The number of nitrogen functional groups attached to an aromatic ring is 1. The summed E-state index contributed by atoms with van der Waals surface area (Å²) < 4.78 is 13.3.